The van der Waals surface area contributed by atoms with E-state index in [1.165, 1.54) is 0 Å². The molecule has 5 rings (SSSR count). The molecule has 0 bridgehead atoms. The lowest BCUT2D eigenvalue weighted by Crippen LogP contribution is -2.23. The van der Waals surface area contributed by atoms with Gasteiger partial charge < -0.3 is 9.30 Å². The summed E-state index contributed by atoms with van der Waals surface area (Å²) in [5.74, 6) is 0.786. The Hall–Kier alpha value is -3.57. The summed E-state index contributed by atoms with van der Waals surface area (Å²) in [5.41, 5.74) is 5.24. The minimum Gasteiger partial charge on any atom is -0.497 e. The topological polar surface area (TPSA) is 49.0 Å². The highest BCUT2D eigenvalue weighted by Gasteiger charge is 2.17. The van der Waals surface area contributed by atoms with Crippen LogP contribution in [0.4, 0.5) is 0 Å². The summed E-state index contributed by atoms with van der Waals surface area (Å²) < 4.78 is 9.06. The van der Waals surface area contributed by atoms with E-state index >= 15 is 0 Å². The quantitative estimate of drug-likeness (QED) is 0.364. The molecule has 0 aliphatic carbocycles. The van der Waals surface area contributed by atoms with Crippen LogP contribution in [0.5, 0.6) is 5.75 Å². The molecule has 0 saturated heterocycles. The second-order valence-electron chi connectivity index (χ2n) is 7.92. The molecule has 0 unspecified atom stereocenters. The van der Waals surface area contributed by atoms with Crippen molar-refractivity contribution in [3.05, 3.63) is 105 Å². The van der Waals surface area contributed by atoms with E-state index in [4.69, 9.17) is 21.3 Å². The molecule has 3 aromatic carbocycles. The standard InChI is InChI=1S/C26H22ClN3O2/c1-17-10-11-23-21(12-17)24-25(30(23)14-18-6-5-8-20(13-18)32-2)26(31)29(16-28-24)15-19-7-3-4-9-22(19)27/h3-13,16H,14-15H2,1-2H3. The molecule has 0 aliphatic heterocycles. The maximum Gasteiger partial charge on any atom is 0.278 e. The summed E-state index contributed by atoms with van der Waals surface area (Å²) in [6.07, 6.45) is 1.62. The first-order chi connectivity index (χ1) is 15.5. The molecule has 160 valence electrons. The molecule has 0 saturated carbocycles. The zero-order valence-electron chi connectivity index (χ0n) is 17.9. The molecule has 5 aromatic rings. The summed E-state index contributed by atoms with van der Waals surface area (Å²) in [5, 5.41) is 1.61. The van der Waals surface area contributed by atoms with Crippen LogP contribution in [0.25, 0.3) is 21.9 Å². The molecule has 0 spiro atoms. The van der Waals surface area contributed by atoms with Gasteiger partial charge in [-0.3, -0.25) is 9.36 Å². The molecule has 0 fully saturated rings. The van der Waals surface area contributed by atoms with Gasteiger partial charge in [-0.25, -0.2) is 4.98 Å². The van der Waals surface area contributed by atoms with Gasteiger partial charge in [-0.1, -0.05) is 53.6 Å². The maximum atomic E-state index is 13.7. The van der Waals surface area contributed by atoms with E-state index in [0.29, 0.717) is 29.1 Å². The number of rotatable bonds is 5. The van der Waals surface area contributed by atoms with Gasteiger partial charge in [0.05, 0.1) is 25.5 Å². The summed E-state index contributed by atoms with van der Waals surface area (Å²) >= 11 is 6.34. The average Bonchev–Trinajstić information content (AvgIpc) is 3.10. The predicted octanol–water partition coefficient (Wildman–Crippen LogP) is 5.42. The van der Waals surface area contributed by atoms with E-state index in [1.54, 1.807) is 18.0 Å². The van der Waals surface area contributed by atoms with Gasteiger partial charge >= 0.3 is 0 Å². The number of halogens is 1. The molecular weight excluding hydrogens is 422 g/mol. The van der Waals surface area contributed by atoms with Gasteiger partial charge in [-0.15, -0.1) is 0 Å². The third-order valence-electron chi connectivity index (χ3n) is 5.76. The molecular formula is C26H22ClN3O2. The van der Waals surface area contributed by atoms with Crippen LogP contribution in [-0.4, -0.2) is 21.2 Å². The predicted molar refractivity (Wildman–Crippen MR) is 129 cm³/mol. The molecule has 2 aromatic heterocycles. The second-order valence-corrected chi connectivity index (χ2v) is 8.33. The number of ether oxygens (including phenoxy) is 1. The fourth-order valence-corrected chi connectivity index (χ4v) is 4.35. The van der Waals surface area contributed by atoms with Crippen molar-refractivity contribution in [3.8, 4) is 5.75 Å². The van der Waals surface area contributed by atoms with Gasteiger partial charge in [0, 0.05) is 17.0 Å². The number of hydrogen-bond donors (Lipinski definition) is 0. The van der Waals surface area contributed by atoms with Crippen LogP contribution in [0.2, 0.25) is 5.02 Å². The Morgan fingerprint density at radius 1 is 1.00 bits per heavy atom. The summed E-state index contributed by atoms with van der Waals surface area (Å²) in [7, 11) is 1.65. The Kier molecular flexibility index (Phi) is 5.19. The Morgan fingerprint density at radius 2 is 1.84 bits per heavy atom. The van der Waals surface area contributed by atoms with Crippen molar-refractivity contribution >= 4 is 33.5 Å². The van der Waals surface area contributed by atoms with Crippen LogP contribution in [0, 0.1) is 6.92 Å². The molecule has 0 aliphatic rings. The third kappa shape index (κ3) is 3.55. The Bertz CT molecular complexity index is 1520. The SMILES string of the molecule is COc1cccc(Cn2c3ccc(C)cc3c3ncn(Cc4ccccc4Cl)c(=O)c32)c1. The number of aryl methyl sites for hydroxylation is 1. The highest BCUT2D eigenvalue weighted by atomic mass is 35.5. The van der Waals surface area contributed by atoms with Gasteiger partial charge in [0.25, 0.3) is 5.56 Å². The number of hydrogen-bond acceptors (Lipinski definition) is 3. The van der Waals surface area contributed by atoms with E-state index in [2.05, 4.69) is 22.8 Å². The van der Waals surface area contributed by atoms with E-state index in [-0.39, 0.29) is 5.56 Å². The van der Waals surface area contributed by atoms with Gasteiger partial charge in [-0.05, 0) is 48.4 Å². The van der Waals surface area contributed by atoms with Crippen LogP contribution in [0.1, 0.15) is 16.7 Å². The molecule has 0 amide bonds. The number of benzene rings is 3. The van der Waals surface area contributed by atoms with Gasteiger partial charge in [0.2, 0.25) is 0 Å². The van der Waals surface area contributed by atoms with Crippen molar-refractivity contribution in [2.75, 3.05) is 7.11 Å². The van der Waals surface area contributed by atoms with E-state index in [1.807, 2.05) is 55.5 Å². The van der Waals surface area contributed by atoms with Crippen molar-refractivity contribution < 1.29 is 4.74 Å². The number of fused-ring (bicyclic) bond motifs is 3. The minimum absolute atomic E-state index is 0.0910. The van der Waals surface area contributed by atoms with Crippen LogP contribution in [0.15, 0.2) is 77.9 Å². The van der Waals surface area contributed by atoms with Crippen LogP contribution >= 0.6 is 11.6 Å². The first-order valence-electron chi connectivity index (χ1n) is 10.4. The Balaban J connectivity index is 1.72. The lowest BCUT2D eigenvalue weighted by Gasteiger charge is -2.11. The normalized spacial score (nSPS) is 11.3. The first kappa shape index (κ1) is 20.3. The largest absolute Gasteiger partial charge is 0.497 e. The van der Waals surface area contributed by atoms with E-state index < -0.39 is 0 Å². The molecule has 0 atom stereocenters. The maximum absolute atomic E-state index is 13.7. The molecule has 32 heavy (non-hydrogen) atoms. The van der Waals surface area contributed by atoms with Gasteiger partial charge in [0.1, 0.15) is 16.8 Å². The van der Waals surface area contributed by atoms with Crippen LogP contribution in [-0.2, 0) is 13.1 Å². The Labute approximate surface area is 190 Å². The number of methoxy groups -OCH3 is 1. The van der Waals surface area contributed by atoms with Crippen molar-refractivity contribution in [1.82, 2.24) is 14.1 Å². The lowest BCUT2D eigenvalue weighted by atomic mass is 10.1. The zero-order valence-corrected chi connectivity index (χ0v) is 18.6. The molecule has 5 nitrogen and oxygen atoms in total. The van der Waals surface area contributed by atoms with Crippen LogP contribution < -0.4 is 10.3 Å². The number of aromatic nitrogens is 3. The molecule has 2 heterocycles. The highest BCUT2D eigenvalue weighted by molar-refractivity contribution is 6.31. The zero-order chi connectivity index (χ0) is 22.2. The van der Waals surface area contributed by atoms with Crippen LogP contribution in [0.3, 0.4) is 0 Å². The smallest absolute Gasteiger partial charge is 0.278 e. The van der Waals surface area contributed by atoms with Crippen molar-refractivity contribution in [2.24, 2.45) is 0 Å². The highest BCUT2D eigenvalue weighted by Crippen LogP contribution is 2.28. The van der Waals surface area contributed by atoms with Crippen molar-refractivity contribution in [3.63, 3.8) is 0 Å². The lowest BCUT2D eigenvalue weighted by molar-refractivity contribution is 0.414. The fourth-order valence-electron chi connectivity index (χ4n) is 4.15. The minimum atomic E-state index is -0.0910. The fraction of sp³-hybridized carbons (Fsp3) is 0.154. The van der Waals surface area contributed by atoms with E-state index in [0.717, 1.165) is 33.3 Å². The van der Waals surface area contributed by atoms with E-state index in [9.17, 15) is 4.79 Å². The average molecular weight is 444 g/mol. The second kappa shape index (κ2) is 8.17. The molecule has 6 heteroatoms. The molecule has 0 N–H and O–H groups in total. The summed E-state index contributed by atoms with van der Waals surface area (Å²) in [6.45, 7) is 2.94. The summed E-state index contributed by atoms with van der Waals surface area (Å²) in [6, 6.07) is 21.7. The van der Waals surface area contributed by atoms with Crippen molar-refractivity contribution in [1.29, 1.82) is 0 Å². The molecule has 0 radical (unpaired) electrons. The first-order valence-corrected chi connectivity index (χ1v) is 10.8. The Morgan fingerprint density at radius 3 is 2.66 bits per heavy atom. The summed E-state index contributed by atoms with van der Waals surface area (Å²) in [4.78, 5) is 18.4. The van der Waals surface area contributed by atoms with Crippen molar-refractivity contribution in [2.45, 2.75) is 20.0 Å². The van der Waals surface area contributed by atoms with Gasteiger partial charge in [0.15, 0.2) is 0 Å². The number of nitrogens with zero attached hydrogens (tertiary/aromatic N) is 3. The monoisotopic (exact) mass is 443 g/mol. The van der Waals surface area contributed by atoms with Gasteiger partial charge in [-0.2, -0.15) is 0 Å². The third-order valence-corrected chi connectivity index (χ3v) is 6.12.